The largest absolute Gasteiger partial charge is 0.505 e. The number of anilines is 1. The molecular weight excluding hydrogens is 550 g/mol. The van der Waals surface area contributed by atoms with Crippen molar-refractivity contribution < 1.29 is 39.0 Å². The Morgan fingerprint density at radius 2 is 1.78 bits per heavy atom. The Labute approximate surface area is 220 Å². The third kappa shape index (κ3) is 3.93. The molecule has 11 nitrogen and oxygen atoms in total. The lowest BCUT2D eigenvalue weighted by molar-refractivity contribution is -0.181. The summed E-state index contributed by atoms with van der Waals surface area (Å²) in [5.74, 6) is -11.7. The maximum Gasteiger partial charge on any atom is 0.240 e. The molecule has 4 unspecified atom stereocenters. The van der Waals surface area contributed by atoms with Gasteiger partial charge in [-0.2, -0.15) is 0 Å². The van der Waals surface area contributed by atoms with Crippen LogP contribution in [0, 0.1) is 23.7 Å². The van der Waals surface area contributed by atoms with E-state index in [0.717, 1.165) is 0 Å². The number of phenolic OH excluding ortho intramolecular Hbond substituents is 1. The fourth-order valence-electron chi connectivity index (χ4n) is 5.95. The summed E-state index contributed by atoms with van der Waals surface area (Å²) in [5.41, 5.74) is 2.74. The maximum absolute atomic E-state index is 13.8. The maximum atomic E-state index is 13.8. The quantitative estimate of drug-likeness (QED) is 0.217. The van der Waals surface area contributed by atoms with Gasteiger partial charge in [0.05, 0.1) is 27.5 Å². The molecule has 0 saturated heterocycles. The highest BCUT2D eigenvalue weighted by molar-refractivity contribution is 9.10. The second-order valence-corrected chi connectivity index (χ2v) is 12.7. The lowest BCUT2D eigenvalue weighted by atomic mass is 9.52. The number of hydrogen-bond donors (Lipinski definition) is 4. The van der Waals surface area contributed by atoms with Crippen LogP contribution in [0.1, 0.15) is 36.2 Å². The van der Waals surface area contributed by atoms with Crippen molar-refractivity contribution in [2.75, 3.05) is 19.4 Å². The Balaban J connectivity index is 1.80. The molecule has 0 bridgehead atoms. The first-order chi connectivity index (χ1) is 17.0. The molecule has 37 heavy (non-hydrogen) atoms. The van der Waals surface area contributed by atoms with Crippen molar-refractivity contribution in [3.8, 4) is 5.75 Å². The van der Waals surface area contributed by atoms with Crippen LogP contribution in [-0.4, -0.2) is 80.1 Å². The number of halogens is 1. The number of likely N-dealkylation sites (N-methyl/N-ethyl adjacent to an activating group) is 1. The second kappa shape index (κ2) is 8.81. The molecule has 5 N–H and O–H groups in total. The van der Waals surface area contributed by atoms with E-state index in [2.05, 4.69) is 21.2 Å². The lowest BCUT2D eigenvalue weighted by Gasteiger charge is -2.52. The van der Waals surface area contributed by atoms with Crippen LogP contribution in [0.25, 0.3) is 0 Å². The second-order valence-electron chi connectivity index (χ2n) is 10.7. The number of benzene rings is 1. The number of nitrogens with one attached hydrogen (secondary N) is 1. The van der Waals surface area contributed by atoms with Crippen molar-refractivity contribution in [2.24, 2.45) is 29.4 Å². The number of Topliss-reactive ketones (excluding diaryl/α,β-unsaturated/α-hetero) is 4. The predicted molar refractivity (Wildman–Crippen MR) is 133 cm³/mol. The summed E-state index contributed by atoms with van der Waals surface area (Å²) in [4.78, 5) is 79.6. The highest BCUT2D eigenvalue weighted by Crippen LogP contribution is 2.51. The summed E-state index contributed by atoms with van der Waals surface area (Å²) in [5, 5.41) is 25.0. The average molecular weight is 578 g/mol. The number of nitrogens with zero attached hydrogens (tertiary/aromatic N) is 1. The molecule has 2 amide bonds. The number of ketones is 4. The van der Waals surface area contributed by atoms with Crippen LogP contribution in [0.2, 0.25) is 0 Å². The molecule has 2 saturated carbocycles. The van der Waals surface area contributed by atoms with Crippen LogP contribution in [0.5, 0.6) is 5.75 Å². The summed E-state index contributed by atoms with van der Waals surface area (Å²) in [6.07, 6.45) is 0.123. The van der Waals surface area contributed by atoms with Gasteiger partial charge in [-0.1, -0.05) is 22.0 Å². The normalized spacial score (nSPS) is 31.5. The first-order valence-electron chi connectivity index (χ1n) is 11.7. The van der Waals surface area contributed by atoms with Gasteiger partial charge in [0.25, 0.3) is 0 Å². The van der Waals surface area contributed by atoms with E-state index in [0.29, 0.717) is 5.56 Å². The van der Waals surface area contributed by atoms with Crippen LogP contribution in [0.4, 0.5) is 5.69 Å². The van der Waals surface area contributed by atoms with Gasteiger partial charge in [0.2, 0.25) is 11.8 Å². The number of phenols is 1. The van der Waals surface area contributed by atoms with E-state index in [9.17, 15) is 39.0 Å². The van der Waals surface area contributed by atoms with Gasteiger partial charge in [0, 0.05) is 5.92 Å². The number of carbonyl (C=O) groups is 6. The number of primary amides is 1. The van der Waals surface area contributed by atoms with E-state index in [1.165, 1.54) is 25.1 Å². The zero-order chi connectivity index (χ0) is 27.8. The van der Waals surface area contributed by atoms with Gasteiger partial charge in [-0.3, -0.25) is 33.7 Å². The van der Waals surface area contributed by atoms with Gasteiger partial charge in [0.1, 0.15) is 5.75 Å². The number of carbonyl (C=O) groups excluding carboxylic acids is 6. The standard InChI is InChI=1S/C25H28BrN3O8/c1-24(2,26)23(36)28-12-6-5-9-7-10-8-11-16(29(3)4)19(32)15(22(27)35)21(34)25(11,37)20(33)14(10)18(31)13(9)17(12)30/h5-6,10-11,14-16,30,37H,7-8H2,1-4H3,(H2,27,35)(H,28,36)/t10?,11?,14?,15?,16-,25-/m0/s1. The van der Waals surface area contributed by atoms with E-state index in [1.807, 2.05) is 0 Å². The molecule has 0 spiro atoms. The van der Waals surface area contributed by atoms with E-state index in [4.69, 9.17) is 5.73 Å². The minimum Gasteiger partial charge on any atom is -0.505 e. The minimum atomic E-state index is -2.78. The topological polar surface area (TPSA) is 184 Å². The Bertz CT molecular complexity index is 1270. The van der Waals surface area contributed by atoms with Crippen LogP contribution >= 0.6 is 15.9 Å². The van der Waals surface area contributed by atoms with Crippen LogP contribution in [0.3, 0.4) is 0 Å². The molecule has 1 aromatic carbocycles. The molecule has 3 aliphatic carbocycles. The molecule has 2 fully saturated rings. The molecule has 1 aromatic rings. The fraction of sp³-hybridized carbons (Fsp3) is 0.520. The number of rotatable bonds is 4. The van der Waals surface area contributed by atoms with Crippen molar-refractivity contribution in [3.63, 3.8) is 0 Å². The zero-order valence-electron chi connectivity index (χ0n) is 20.7. The van der Waals surface area contributed by atoms with Crippen molar-refractivity contribution in [3.05, 3.63) is 23.3 Å². The molecule has 4 rings (SSSR count). The molecule has 6 atom stereocenters. The van der Waals surface area contributed by atoms with Gasteiger partial charge >= 0.3 is 0 Å². The number of amides is 2. The number of nitrogens with two attached hydrogens (primary N) is 1. The molecule has 0 aliphatic heterocycles. The third-order valence-electron chi connectivity index (χ3n) is 7.72. The van der Waals surface area contributed by atoms with Gasteiger partial charge in [-0.15, -0.1) is 0 Å². The van der Waals surface area contributed by atoms with Gasteiger partial charge in [-0.05, 0) is 58.3 Å². The number of aliphatic hydroxyl groups is 1. The summed E-state index contributed by atoms with van der Waals surface area (Å²) in [6.45, 7) is 3.19. The number of hydrogen-bond acceptors (Lipinski definition) is 9. The zero-order valence-corrected chi connectivity index (χ0v) is 22.3. The predicted octanol–water partition coefficient (Wildman–Crippen LogP) is -0.0210. The smallest absolute Gasteiger partial charge is 0.240 e. The van der Waals surface area contributed by atoms with E-state index in [-0.39, 0.29) is 24.1 Å². The molecule has 3 aliphatic rings. The van der Waals surface area contributed by atoms with Gasteiger partial charge < -0.3 is 21.3 Å². The summed E-state index contributed by atoms with van der Waals surface area (Å²) in [7, 11) is 3.05. The summed E-state index contributed by atoms with van der Waals surface area (Å²) >= 11 is 3.22. The third-order valence-corrected chi connectivity index (χ3v) is 8.08. The molecule has 198 valence electrons. The highest BCUT2D eigenvalue weighted by Gasteiger charge is 2.69. The Morgan fingerprint density at radius 1 is 1.16 bits per heavy atom. The van der Waals surface area contributed by atoms with E-state index >= 15 is 0 Å². The van der Waals surface area contributed by atoms with Crippen LogP contribution in [-0.2, 0) is 30.4 Å². The van der Waals surface area contributed by atoms with Crippen molar-refractivity contribution in [1.82, 2.24) is 4.90 Å². The van der Waals surface area contributed by atoms with E-state index in [1.54, 1.807) is 19.9 Å². The van der Waals surface area contributed by atoms with Crippen molar-refractivity contribution >= 4 is 56.6 Å². The highest BCUT2D eigenvalue weighted by atomic mass is 79.9. The fourth-order valence-corrected chi connectivity index (χ4v) is 6.05. The van der Waals surface area contributed by atoms with Crippen LogP contribution in [0.15, 0.2) is 12.1 Å². The Kier molecular flexibility index (Phi) is 6.45. The first-order valence-corrected chi connectivity index (χ1v) is 12.5. The monoisotopic (exact) mass is 577 g/mol. The molecule has 0 radical (unpaired) electrons. The number of fused-ring (bicyclic) bond motifs is 3. The minimum absolute atomic E-state index is 0.0269. The average Bonchev–Trinajstić information content (AvgIpc) is 2.77. The lowest BCUT2D eigenvalue weighted by Crippen LogP contribution is -2.74. The van der Waals surface area contributed by atoms with Crippen molar-refractivity contribution in [2.45, 2.75) is 42.7 Å². The Hall–Kier alpha value is -2.96. The van der Waals surface area contributed by atoms with Gasteiger partial charge in [0.15, 0.2) is 34.7 Å². The summed E-state index contributed by atoms with van der Waals surface area (Å²) < 4.78 is -0.971. The SMILES string of the molecule is CN(C)[C@@H]1C(=O)C(C(N)=O)C(=O)[C@@]2(O)C(=O)C3C(=O)c4c(ccc(NC(=O)C(C)(C)Br)c4O)CC3CC12. The van der Waals surface area contributed by atoms with Gasteiger partial charge in [-0.25, -0.2) is 0 Å². The Morgan fingerprint density at radius 3 is 2.32 bits per heavy atom. The summed E-state index contributed by atoms with van der Waals surface area (Å²) in [6, 6.07) is 1.86. The van der Waals surface area contributed by atoms with E-state index < -0.39 is 80.3 Å². The van der Waals surface area contributed by atoms with Crippen molar-refractivity contribution in [1.29, 1.82) is 0 Å². The molecule has 0 aromatic heterocycles. The first kappa shape index (κ1) is 27.1. The molecule has 12 heteroatoms. The number of aromatic hydroxyl groups is 1. The van der Waals surface area contributed by atoms with Crippen LogP contribution < -0.4 is 11.1 Å². The molecular formula is C25H28BrN3O8. The number of alkyl halides is 1. The molecule has 0 heterocycles.